The van der Waals surface area contributed by atoms with Gasteiger partial charge in [-0.1, -0.05) is 18.2 Å². The van der Waals surface area contributed by atoms with Gasteiger partial charge in [0.25, 0.3) is 5.91 Å². The number of hydrogen-bond donors (Lipinski definition) is 0. The van der Waals surface area contributed by atoms with E-state index in [2.05, 4.69) is 14.9 Å². The fraction of sp³-hybridized carbons (Fsp3) is 0.200. The van der Waals surface area contributed by atoms with E-state index < -0.39 is 0 Å². The molecule has 1 aliphatic heterocycles. The van der Waals surface area contributed by atoms with Gasteiger partial charge in [-0.05, 0) is 42.5 Å². The summed E-state index contributed by atoms with van der Waals surface area (Å²) in [5.41, 5.74) is 3.00. The minimum absolute atomic E-state index is 0.0309. The van der Waals surface area contributed by atoms with E-state index in [1.165, 1.54) is 0 Å². The van der Waals surface area contributed by atoms with Crippen molar-refractivity contribution in [2.45, 2.75) is 0 Å². The molecular weight excluding hydrogens is 416 g/mol. The standard InChI is InChI=1S/C25H24N6O2/c1-33-21-10-8-19(9-11-21)23-22(18-31(28-23)20-6-3-2-4-7-20)24(32)29-14-16-30(17-15-29)25-26-12-5-13-27-25/h2-13,18H,14-17H2,1H3. The van der Waals surface area contributed by atoms with Crippen LogP contribution in [-0.4, -0.2) is 63.8 Å². The first kappa shape index (κ1) is 20.7. The highest BCUT2D eigenvalue weighted by molar-refractivity contribution is 6.00. The van der Waals surface area contributed by atoms with Crippen molar-refractivity contribution in [3.63, 3.8) is 0 Å². The minimum Gasteiger partial charge on any atom is -0.497 e. The maximum Gasteiger partial charge on any atom is 0.257 e. The summed E-state index contributed by atoms with van der Waals surface area (Å²) in [6.07, 6.45) is 5.29. The number of benzene rings is 2. The maximum atomic E-state index is 13.6. The number of piperazine rings is 1. The predicted molar refractivity (Wildman–Crippen MR) is 126 cm³/mol. The van der Waals surface area contributed by atoms with Crippen molar-refractivity contribution in [1.82, 2.24) is 24.6 Å². The third-order valence-electron chi connectivity index (χ3n) is 5.73. The average molecular weight is 441 g/mol. The van der Waals surface area contributed by atoms with E-state index in [4.69, 9.17) is 9.84 Å². The molecule has 3 heterocycles. The lowest BCUT2D eigenvalue weighted by Gasteiger charge is -2.34. The van der Waals surface area contributed by atoms with Gasteiger partial charge in [-0.2, -0.15) is 5.10 Å². The third kappa shape index (κ3) is 4.27. The van der Waals surface area contributed by atoms with Gasteiger partial charge in [0.1, 0.15) is 11.4 Å². The van der Waals surface area contributed by atoms with Crippen LogP contribution in [0, 0.1) is 0 Å². The van der Waals surface area contributed by atoms with Gasteiger partial charge in [0, 0.05) is 50.3 Å². The molecule has 8 heteroatoms. The van der Waals surface area contributed by atoms with Crippen LogP contribution in [0.5, 0.6) is 5.75 Å². The largest absolute Gasteiger partial charge is 0.497 e. The molecule has 0 saturated carbocycles. The number of para-hydroxylation sites is 1. The number of hydrogen-bond acceptors (Lipinski definition) is 6. The topological polar surface area (TPSA) is 76.4 Å². The molecule has 0 radical (unpaired) electrons. The van der Waals surface area contributed by atoms with E-state index in [0.717, 1.165) is 17.0 Å². The van der Waals surface area contributed by atoms with Crippen LogP contribution >= 0.6 is 0 Å². The smallest absolute Gasteiger partial charge is 0.257 e. The van der Waals surface area contributed by atoms with Crippen LogP contribution in [0.2, 0.25) is 0 Å². The first-order chi connectivity index (χ1) is 16.2. The first-order valence-electron chi connectivity index (χ1n) is 10.8. The van der Waals surface area contributed by atoms with E-state index in [9.17, 15) is 4.79 Å². The van der Waals surface area contributed by atoms with Crippen molar-refractivity contribution in [1.29, 1.82) is 0 Å². The van der Waals surface area contributed by atoms with E-state index in [1.54, 1.807) is 30.3 Å². The second-order valence-electron chi connectivity index (χ2n) is 7.73. The Morgan fingerprint density at radius 2 is 1.58 bits per heavy atom. The Bertz CT molecular complexity index is 1220. The molecule has 0 aliphatic carbocycles. The van der Waals surface area contributed by atoms with Crippen LogP contribution in [0.25, 0.3) is 16.9 Å². The Hall–Kier alpha value is -4.20. The molecule has 0 atom stereocenters. The number of rotatable bonds is 5. The van der Waals surface area contributed by atoms with Crippen LogP contribution in [-0.2, 0) is 0 Å². The fourth-order valence-corrected chi connectivity index (χ4v) is 3.94. The van der Waals surface area contributed by atoms with Crippen molar-refractivity contribution in [3.05, 3.63) is 84.8 Å². The van der Waals surface area contributed by atoms with Gasteiger partial charge in [0.2, 0.25) is 5.95 Å². The summed E-state index contributed by atoms with van der Waals surface area (Å²) >= 11 is 0. The molecule has 2 aromatic heterocycles. The van der Waals surface area contributed by atoms with Crippen molar-refractivity contribution in [2.75, 3.05) is 38.2 Å². The number of nitrogens with zero attached hydrogens (tertiary/aromatic N) is 6. The summed E-state index contributed by atoms with van der Waals surface area (Å²) in [4.78, 5) is 26.2. The summed E-state index contributed by atoms with van der Waals surface area (Å²) in [6.45, 7) is 2.55. The zero-order valence-electron chi connectivity index (χ0n) is 18.3. The van der Waals surface area contributed by atoms with Gasteiger partial charge in [-0.15, -0.1) is 0 Å². The highest BCUT2D eigenvalue weighted by Crippen LogP contribution is 2.27. The Balaban J connectivity index is 1.43. The Morgan fingerprint density at radius 1 is 0.879 bits per heavy atom. The average Bonchev–Trinajstić information content (AvgIpc) is 3.35. The molecule has 1 amide bonds. The fourth-order valence-electron chi connectivity index (χ4n) is 3.94. The number of methoxy groups -OCH3 is 1. The number of carbonyl (C=O) groups excluding carboxylic acids is 1. The SMILES string of the molecule is COc1ccc(-c2nn(-c3ccccc3)cc2C(=O)N2CCN(c3ncccn3)CC2)cc1. The van der Waals surface area contributed by atoms with Gasteiger partial charge < -0.3 is 14.5 Å². The van der Waals surface area contributed by atoms with Crippen LogP contribution in [0.3, 0.4) is 0 Å². The molecule has 8 nitrogen and oxygen atoms in total. The van der Waals surface area contributed by atoms with Gasteiger partial charge in [0.15, 0.2) is 0 Å². The molecule has 4 aromatic rings. The summed E-state index contributed by atoms with van der Waals surface area (Å²) < 4.78 is 7.05. The van der Waals surface area contributed by atoms with Crippen molar-refractivity contribution in [2.24, 2.45) is 0 Å². The van der Waals surface area contributed by atoms with E-state index >= 15 is 0 Å². The Kier molecular flexibility index (Phi) is 5.72. The van der Waals surface area contributed by atoms with Crippen molar-refractivity contribution >= 4 is 11.9 Å². The number of amides is 1. The zero-order chi connectivity index (χ0) is 22.6. The number of ether oxygens (including phenoxy) is 1. The lowest BCUT2D eigenvalue weighted by Crippen LogP contribution is -2.49. The highest BCUT2D eigenvalue weighted by atomic mass is 16.5. The van der Waals surface area contributed by atoms with Gasteiger partial charge in [-0.3, -0.25) is 4.79 Å². The van der Waals surface area contributed by atoms with E-state index in [1.807, 2.05) is 65.7 Å². The number of aromatic nitrogens is 4. The normalized spacial score (nSPS) is 13.7. The summed E-state index contributed by atoms with van der Waals surface area (Å²) in [5, 5.41) is 4.78. The maximum absolute atomic E-state index is 13.6. The predicted octanol–water partition coefficient (Wildman–Crippen LogP) is 3.30. The molecule has 166 valence electrons. The molecule has 1 saturated heterocycles. The molecule has 0 N–H and O–H groups in total. The van der Waals surface area contributed by atoms with Gasteiger partial charge >= 0.3 is 0 Å². The minimum atomic E-state index is -0.0309. The highest BCUT2D eigenvalue weighted by Gasteiger charge is 2.27. The van der Waals surface area contributed by atoms with Crippen LogP contribution in [0.1, 0.15) is 10.4 Å². The summed E-state index contributed by atoms with van der Waals surface area (Å²) in [5.74, 6) is 1.42. The Morgan fingerprint density at radius 3 is 2.24 bits per heavy atom. The lowest BCUT2D eigenvalue weighted by atomic mass is 10.1. The van der Waals surface area contributed by atoms with Gasteiger partial charge in [0.05, 0.1) is 18.4 Å². The summed E-state index contributed by atoms with van der Waals surface area (Å²) in [7, 11) is 1.63. The number of carbonyl (C=O) groups is 1. The molecule has 5 rings (SSSR count). The van der Waals surface area contributed by atoms with Crippen molar-refractivity contribution in [3.8, 4) is 22.7 Å². The summed E-state index contributed by atoms with van der Waals surface area (Å²) in [6, 6.07) is 19.2. The van der Waals surface area contributed by atoms with E-state index in [0.29, 0.717) is 43.4 Å². The quantitative estimate of drug-likeness (QED) is 0.474. The Labute approximate surface area is 192 Å². The third-order valence-corrected chi connectivity index (χ3v) is 5.73. The molecule has 0 spiro atoms. The molecule has 33 heavy (non-hydrogen) atoms. The molecule has 1 aliphatic rings. The van der Waals surface area contributed by atoms with E-state index in [-0.39, 0.29) is 5.91 Å². The molecule has 1 fully saturated rings. The second-order valence-corrected chi connectivity index (χ2v) is 7.73. The lowest BCUT2D eigenvalue weighted by molar-refractivity contribution is 0.0747. The number of anilines is 1. The molecular formula is C25H24N6O2. The molecule has 0 unspecified atom stereocenters. The van der Waals surface area contributed by atoms with Crippen LogP contribution < -0.4 is 9.64 Å². The molecule has 0 bridgehead atoms. The first-order valence-corrected chi connectivity index (χ1v) is 10.8. The molecule has 2 aromatic carbocycles. The van der Waals surface area contributed by atoms with Crippen LogP contribution in [0.15, 0.2) is 79.3 Å². The zero-order valence-corrected chi connectivity index (χ0v) is 18.3. The van der Waals surface area contributed by atoms with Crippen molar-refractivity contribution < 1.29 is 9.53 Å². The monoisotopic (exact) mass is 440 g/mol. The van der Waals surface area contributed by atoms with Crippen LogP contribution in [0.4, 0.5) is 5.95 Å². The van der Waals surface area contributed by atoms with Gasteiger partial charge in [-0.25, -0.2) is 14.6 Å². The second kappa shape index (κ2) is 9.12.